The minimum atomic E-state index is -1.12. The fourth-order valence-corrected chi connectivity index (χ4v) is 12.3. The van der Waals surface area contributed by atoms with Crippen LogP contribution in [-0.4, -0.2) is 16.1 Å². The summed E-state index contributed by atoms with van der Waals surface area (Å²) >= 11 is 0. The summed E-state index contributed by atoms with van der Waals surface area (Å²) in [7, 11) is -2.24. The van der Waals surface area contributed by atoms with Crippen molar-refractivity contribution < 1.29 is 50.7 Å². The van der Waals surface area contributed by atoms with E-state index >= 15 is 0 Å². The van der Waals surface area contributed by atoms with Crippen LogP contribution in [0.4, 0.5) is 0 Å². The maximum atomic E-state index is 2.48. The zero-order chi connectivity index (χ0) is 22.9. The van der Waals surface area contributed by atoms with Gasteiger partial charge in [-0.2, -0.15) is 35.4 Å². The number of halogens is 2. The monoisotopic (exact) mass is 692 g/mol. The molecule has 188 valence electrons. The summed E-state index contributed by atoms with van der Waals surface area (Å²) in [4.78, 5) is 0. The standard InChI is InChI=1S/2C14H25Si.2ClH.Hf/c2*1-6-15(7-2,8-3)14-10-9-13(11-14)12(4)5;;;/h2*9-12H,6-8H2,1-5H3;2*1H;/q2*-1;;;+4/p-2. The van der Waals surface area contributed by atoms with Crippen molar-refractivity contribution in [2.75, 3.05) is 0 Å². The minimum absolute atomic E-state index is 0. The molecule has 0 bridgehead atoms. The van der Waals surface area contributed by atoms with E-state index in [1.54, 1.807) is 10.4 Å². The summed E-state index contributed by atoms with van der Waals surface area (Å²) in [5.74, 6) is 1.35. The SMILES string of the molecule is CC[Si](CC)(CC)c1c[cH-]c(C(C)C)c1.CC[Si](CC)(CC)c1c[cH-]c(C(C)C)c1.[Cl-].[Cl-].[Hf+4]. The van der Waals surface area contributed by atoms with Crippen molar-refractivity contribution in [1.82, 2.24) is 0 Å². The van der Waals surface area contributed by atoms with Crippen molar-refractivity contribution >= 4 is 26.5 Å². The molecule has 2 aromatic rings. The van der Waals surface area contributed by atoms with Crippen molar-refractivity contribution in [3.05, 3.63) is 47.5 Å². The Morgan fingerprint density at radius 3 is 0.970 bits per heavy atom. The fourth-order valence-electron chi connectivity index (χ4n) is 5.03. The molecule has 0 aliphatic rings. The average molecular weight is 692 g/mol. The molecule has 0 aliphatic carbocycles. The van der Waals surface area contributed by atoms with Gasteiger partial charge in [0.25, 0.3) is 0 Å². The van der Waals surface area contributed by atoms with E-state index in [4.69, 9.17) is 0 Å². The van der Waals surface area contributed by atoms with Gasteiger partial charge in [-0.05, 0) is 11.8 Å². The summed E-state index contributed by atoms with van der Waals surface area (Å²) in [6, 6.07) is 22.8. The molecule has 0 amide bonds. The van der Waals surface area contributed by atoms with E-state index in [-0.39, 0.29) is 50.7 Å². The number of hydrogen-bond donors (Lipinski definition) is 0. The number of hydrogen-bond acceptors (Lipinski definition) is 0. The van der Waals surface area contributed by atoms with Crippen LogP contribution >= 0.6 is 0 Å². The maximum absolute atomic E-state index is 2.48. The third-order valence-corrected chi connectivity index (χ3v) is 19.4. The van der Waals surface area contributed by atoms with Crippen molar-refractivity contribution in [1.29, 1.82) is 0 Å². The Morgan fingerprint density at radius 2 is 0.818 bits per heavy atom. The Labute approximate surface area is 240 Å². The Hall–Kier alpha value is 0.584. The van der Waals surface area contributed by atoms with Crippen LogP contribution < -0.4 is 35.2 Å². The third-order valence-electron chi connectivity index (χ3n) is 8.17. The second kappa shape index (κ2) is 17.9. The van der Waals surface area contributed by atoms with Crippen LogP contribution in [0.3, 0.4) is 0 Å². The van der Waals surface area contributed by atoms with Crippen LogP contribution in [0.5, 0.6) is 0 Å². The van der Waals surface area contributed by atoms with Crippen LogP contribution in [-0.2, 0) is 25.8 Å². The molecule has 0 aliphatic heterocycles. The van der Waals surface area contributed by atoms with E-state index in [2.05, 4.69) is 106 Å². The Kier molecular flexibility index (Phi) is 20.7. The molecule has 2 aromatic carbocycles. The van der Waals surface area contributed by atoms with Gasteiger partial charge in [0.2, 0.25) is 0 Å². The van der Waals surface area contributed by atoms with E-state index in [0.29, 0.717) is 11.8 Å². The van der Waals surface area contributed by atoms with Gasteiger partial charge in [0.05, 0.1) is 0 Å². The summed E-state index contributed by atoms with van der Waals surface area (Å²) in [5.41, 5.74) is 3.05. The topological polar surface area (TPSA) is 0 Å². The summed E-state index contributed by atoms with van der Waals surface area (Å²) in [5, 5.41) is 3.39. The maximum Gasteiger partial charge on any atom is 4.00 e. The zero-order valence-corrected chi connectivity index (χ0v) is 30.2. The predicted octanol–water partition coefficient (Wildman–Crippen LogP) is 2.49. The van der Waals surface area contributed by atoms with E-state index in [1.807, 2.05) is 0 Å². The predicted molar refractivity (Wildman–Crippen MR) is 146 cm³/mol. The van der Waals surface area contributed by atoms with Crippen LogP contribution in [0, 0.1) is 0 Å². The smallest absolute Gasteiger partial charge is 1.00 e. The van der Waals surface area contributed by atoms with Gasteiger partial charge in [0.15, 0.2) is 0 Å². The Balaban J connectivity index is -0.000000500. The average Bonchev–Trinajstić information content (AvgIpc) is 3.43. The van der Waals surface area contributed by atoms with Crippen molar-refractivity contribution in [2.45, 2.75) is 117 Å². The quantitative estimate of drug-likeness (QED) is 0.266. The minimum Gasteiger partial charge on any atom is -1.00 e. The molecule has 0 spiro atoms. The third kappa shape index (κ3) is 9.52. The molecular formula is C28H50Cl2HfSi2. The van der Waals surface area contributed by atoms with Gasteiger partial charge in [-0.25, -0.2) is 22.5 Å². The van der Waals surface area contributed by atoms with Gasteiger partial charge in [-0.3, -0.25) is 0 Å². The van der Waals surface area contributed by atoms with Gasteiger partial charge in [-0.15, -0.1) is 0 Å². The summed E-state index contributed by atoms with van der Waals surface area (Å²) < 4.78 is 0. The first-order valence-corrected chi connectivity index (χ1v) is 18.0. The fraction of sp³-hybridized carbons (Fsp3) is 0.643. The molecule has 0 radical (unpaired) electrons. The molecule has 0 nitrogen and oxygen atoms in total. The molecule has 2 rings (SSSR count). The molecule has 5 heteroatoms. The van der Waals surface area contributed by atoms with Gasteiger partial charge in [0, 0.05) is 16.1 Å². The molecule has 0 atom stereocenters. The van der Waals surface area contributed by atoms with Crippen molar-refractivity contribution in [3.8, 4) is 0 Å². The van der Waals surface area contributed by atoms with Crippen LogP contribution in [0.15, 0.2) is 36.4 Å². The van der Waals surface area contributed by atoms with Gasteiger partial charge < -0.3 is 24.8 Å². The number of rotatable bonds is 10. The van der Waals surface area contributed by atoms with Crippen LogP contribution in [0.25, 0.3) is 0 Å². The molecule has 0 saturated carbocycles. The van der Waals surface area contributed by atoms with Crippen molar-refractivity contribution in [2.24, 2.45) is 0 Å². The molecule has 0 aromatic heterocycles. The molecule has 33 heavy (non-hydrogen) atoms. The van der Waals surface area contributed by atoms with E-state index in [1.165, 1.54) is 47.4 Å². The first kappa shape index (κ1) is 38.1. The molecule has 0 heterocycles. The summed E-state index contributed by atoms with van der Waals surface area (Å²) in [6.07, 6.45) is 0. The van der Waals surface area contributed by atoms with E-state index in [0.717, 1.165) is 0 Å². The van der Waals surface area contributed by atoms with Crippen molar-refractivity contribution in [3.63, 3.8) is 0 Å². The largest absolute Gasteiger partial charge is 4.00 e. The molecule has 0 N–H and O–H groups in total. The van der Waals surface area contributed by atoms with Gasteiger partial charge in [0.1, 0.15) is 0 Å². The zero-order valence-electron chi connectivity index (χ0n) is 23.1. The molecule has 0 unspecified atom stereocenters. The second-order valence-corrected chi connectivity index (χ2v) is 20.4. The first-order valence-electron chi connectivity index (χ1n) is 12.7. The molecular weight excluding hydrogens is 642 g/mol. The van der Waals surface area contributed by atoms with Crippen LogP contribution in [0.2, 0.25) is 36.3 Å². The second-order valence-electron chi connectivity index (χ2n) is 9.86. The molecule has 0 fully saturated rings. The van der Waals surface area contributed by atoms with Gasteiger partial charge >= 0.3 is 25.8 Å². The summed E-state index contributed by atoms with van der Waals surface area (Å²) in [6.45, 7) is 23.4. The Morgan fingerprint density at radius 1 is 0.576 bits per heavy atom. The van der Waals surface area contributed by atoms with E-state index in [9.17, 15) is 0 Å². The first-order chi connectivity index (χ1) is 14.2. The van der Waals surface area contributed by atoms with Crippen LogP contribution in [0.1, 0.15) is 92.2 Å². The Bertz CT molecular complexity index is 647. The van der Waals surface area contributed by atoms with Gasteiger partial charge in [-0.1, -0.05) is 106 Å². The van der Waals surface area contributed by atoms with E-state index < -0.39 is 16.1 Å². The normalized spacial score (nSPS) is 11.3. The molecule has 0 saturated heterocycles.